The van der Waals surface area contributed by atoms with Crippen LogP contribution >= 0.6 is 11.6 Å². The van der Waals surface area contributed by atoms with Crippen LogP contribution in [0.5, 0.6) is 5.75 Å². The molecule has 130 valence electrons. The van der Waals surface area contributed by atoms with Crippen LogP contribution in [0.4, 0.5) is 0 Å². The Bertz CT molecular complexity index is 987. The molecular weight excluding hydrogens is 336 g/mol. The Morgan fingerprint density at radius 2 is 1.80 bits per heavy atom. The van der Waals surface area contributed by atoms with Gasteiger partial charge >= 0.3 is 0 Å². The molecule has 0 aliphatic heterocycles. The predicted molar refractivity (Wildman–Crippen MR) is 102 cm³/mol. The van der Waals surface area contributed by atoms with Crippen molar-refractivity contribution >= 4 is 22.4 Å². The first kappa shape index (κ1) is 17.5. The van der Waals surface area contributed by atoms with E-state index in [4.69, 9.17) is 16.3 Å². The van der Waals surface area contributed by atoms with Gasteiger partial charge in [-0.25, -0.2) is 4.98 Å². The lowest BCUT2D eigenvalue weighted by atomic mass is 10.1. The first-order valence-corrected chi connectivity index (χ1v) is 8.55. The van der Waals surface area contributed by atoms with Gasteiger partial charge in [0.1, 0.15) is 18.2 Å². The number of nitrogens with zero attached hydrogens (tertiary/aromatic N) is 2. The highest BCUT2D eigenvalue weighted by atomic mass is 35.5. The van der Waals surface area contributed by atoms with Crippen LogP contribution in [0.15, 0.2) is 47.3 Å². The van der Waals surface area contributed by atoms with Crippen LogP contribution in [0.2, 0.25) is 5.02 Å². The number of aryl methyl sites for hydroxylation is 1. The molecule has 1 heterocycles. The average Bonchev–Trinajstić information content (AvgIpc) is 2.52. The van der Waals surface area contributed by atoms with Gasteiger partial charge in [-0.1, -0.05) is 35.9 Å². The van der Waals surface area contributed by atoms with Crippen LogP contribution in [-0.4, -0.2) is 9.55 Å². The molecule has 0 saturated heterocycles. The van der Waals surface area contributed by atoms with E-state index >= 15 is 0 Å². The van der Waals surface area contributed by atoms with Crippen LogP contribution in [0.3, 0.4) is 0 Å². The Kier molecular flexibility index (Phi) is 4.56. The quantitative estimate of drug-likeness (QED) is 0.683. The lowest BCUT2D eigenvalue weighted by Crippen LogP contribution is -2.37. The van der Waals surface area contributed by atoms with Gasteiger partial charge in [0.25, 0.3) is 5.56 Å². The molecule has 0 aliphatic carbocycles. The molecule has 4 nitrogen and oxygen atoms in total. The molecule has 0 spiro atoms. The molecule has 0 radical (unpaired) electrons. The molecule has 0 amide bonds. The van der Waals surface area contributed by atoms with E-state index in [9.17, 15) is 4.79 Å². The molecule has 0 N–H and O–H groups in total. The predicted octanol–water partition coefficient (Wildman–Crippen LogP) is 4.69. The Balaban J connectivity index is 2.01. The summed E-state index contributed by atoms with van der Waals surface area (Å²) in [5.41, 5.74) is 0.239. The van der Waals surface area contributed by atoms with Crippen LogP contribution < -0.4 is 10.3 Å². The summed E-state index contributed by atoms with van der Waals surface area (Å²) in [5, 5.41) is 2.56. The second kappa shape index (κ2) is 6.52. The summed E-state index contributed by atoms with van der Waals surface area (Å²) in [6.45, 7) is 7.96. The van der Waals surface area contributed by atoms with E-state index in [1.807, 2.05) is 64.1 Å². The zero-order valence-electron chi connectivity index (χ0n) is 14.8. The molecular formula is C20H21ClN2O2. The molecule has 0 bridgehead atoms. The van der Waals surface area contributed by atoms with E-state index in [0.717, 1.165) is 16.5 Å². The fourth-order valence-electron chi connectivity index (χ4n) is 2.97. The Hall–Kier alpha value is -2.33. The number of fused-ring (bicyclic) bond motifs is 1. The molecule has 0 unspecified atom stereocenters. The van der Waals surface area contributed by atoms with Crippen molar-refractivity contribution < 1.29 is 4.74 Å². The van der Waals surface area contributed by atoms with Gasteiger partial charge in [-0.15, -0.1) is 0 Å². The van der Waals surface area contributed by atoms with Gasteiger partial charge in [0.2, 0.25) is 0 Å². The number of ether oxygens (including phenoxy) is 1. The van der Waals surface area contributed by atoms with Gasteiger partial charge in [0.05, 0.1) is 0 Å². The molecule has 3 rings (SSSR count). The summed E-state index contributed by atoms with van der Waals surface area (Å²) in [6, 6.07) is 13.0. The van der Waals surface area contributed by atoms with E-state index in [1.165, 1.54) is 0 Å². The van der Waals surface area contributed by atoms with E-state index in [0.29, 0.717) is 16.5 Å². The van der Waals surface area contributed by atoms with Crippen molar-refractivity contribution in [3.63, 3.8) is 0 Å². The maximum atomic E-state index is 12.4. The van der Waals surface area contributed by atoms with Gasteiger partial charge in [-0.2, -0.15) is 0 Å². The minimum Gasteiger partial charge on any atom is -0.485 e. The van der Waals surface area contributed by atoms with E-state index in [1.54, 1.807) is 10.6 Å². The fourth-order valence-corrected chi connectivity index (χ4v) is 3.20. The van der Waals surface area contributed by atoms with Gasteiger partial charge in [-0.05, 0) is 39.8 Å². The molecule has 5 heteroatoms. The minimum absolute atomic E-state index is 0.0698. The first-order chi connectivity index (χ1) is 11.8. The largest absolute Gasteiger partial charge is 0.485 e. The van der Waals surface area contributed by atoms with Gasteiger partial charge in [-0.3, -0.25) is 9.36 Å². The van der Waals surface area contributed by atoms with Gasteiger partial charge < -0.3 is 4.74 Å². The lowest BCUT2D eigenvalue weighted by molar-refractivity contribution is 0.265. The van der Waals surface area contributed by atoms with Crippen molar-refractivity contribution in [2.24, 2.45) is 0 Å². The highest BCUT2D eigenvalue weighted by Gasteiger charge is 2.20. The Morgan fingerprint density at radius 1 is 1.12 bits per heavy atom. The van der Waals surface area contributed by atoms with Crippen molar-refractivity contribution in [3.8, 4) is 5.75 Å². The molecule has 0 fully saturated rings. The lowest BCUT2D eigenvalue weighted by Gasteiger charge is -2.25. The van der Waals surface area contributed by atoms with Crippen molar-refractivity contribution in [1.82, 2.24) is 9.55 Å². The monoisotopic (exact) mass is 356 g/mol. The zero-order valence-corrected chi connectivity index (χ0v) is 15.6. The van der Waals surface area contributed by atoms with Crippen molar-refractivity contribution in [2.75, 3.05) is 0 Å². The molecule has 25 heavy (non-hydrogen) atoms. The minimum atomic E-state index is -0.376. The second-order valence-corrected chi connectivity index (χ2v) is 7.45. The van der Waals surface area contributed by atoms with Crippen molar-refractivity contribution in [2.45, 2.75) is 39.8 Å². The highest BCUT2D eigenvalue weighted by Crippen LogP contribution is 2.31. The third-order valence-electron chi connectivity index (χ3n) is 3.97. The average molecular weight is 357 g/mol. The van der Waals surface area contributed by atoms with E-state index in [-0.39, 0.29) is 17.7 Å². The van der Waals surface area contributed by atoms with Crippen molar-refractivity contribution in [3.05, 3.63) is 69.4 Å². The maximum absolute atomic E-state index is 12.4. The number of hydrogen-bond acceptors (Lipinski definition) is 3. The highest BCUT2D eigenvalue weighted by molar-refractivity contribution is 6.35. The summed E-state index contributed by atoms with van der Waals surface area (Å²) in [4.78, 5) is 17.0. The second-order valence-electron chi connectivity index (χ2n) is 7.04. The molecule has 0 saturated carbocycles. The standard InChI is InChI=1S/C20H21ClN2O2/c1-13-11-19(24)23(20(2,3)4)18(22-13)12-25-17-10-9-16(21)14-7-5-6-8-15(14)17/h5-11H,12H2,1-4H3. The number of halogens is 1. The zero-order chi connectivity index (χ0) is 18.2. The fraction of sp³-hybridized carbons (Fsp3) is 0.300. The molecule has 1 aromatic heterocycles. The van der Waals surface area contributed by atoms with Crippen LogP contribution in [0.1, 0.15) is 32.3 Å². The molecule has 2 aromatic carbocycles. The SMILES string of the molecule is Cc1cc(=O)n(C(C)(C)C)c(COc2ccc(Cl)c3ccccc23)n1. The third-order valence-corrected chi connectivity index (χ3v) is 4.30. The van der Waals surface area contributed by atoms with E-state index in [2.05, 4.69) is 4.98 Å². The molecule has 3 aromatic rings. The normalized spacial score (nSPS) is 11.7. The van der Waals surface area contributed by atoms with Crippen LogP contribution in [0, 0.1) is 6.92 Å². The number of hydrogen-bond donors (Lipinski definition) is 0. The number of aromatic nitrogens is 2. The first-order valence-electron chi connectivity index (χ1n) is 8.17. The van der Waals surface area contributed by atoms with Gasteiger partial charge in [0, 0.05) is 33.1 Å². The summed E-state index contributed by atoms with van der Waals surface area (Å²) >= 11 is 6.26. The van der Waals surface area contributed by atoms with Crippen LogP contribution in [0.25, 0.3) is 10.8 Å². The smallest absolute Gasteiger partial charge is 0.254 e. The molecule has 0 aliphatic rings. The Labute approximate surface area is 152 Å². The third kappa shape index (κ3) is 3.54. The molecule has 0 atom stereocenters. The summed E-state index contributed by atoms with van der Waals surface area (Å²) in [5.74, 6) is 1.33. The van der Waals surface area contributed by atoms with Crippen LogP contribution in [-0.2, 0) is 12.1 Å². The summed E-state index contributed by atoms with van der Waals surface area (Å²) < 4.78 is 7.70. The Morgan fingerprint density at radius 3 is 2.48 bits per heavy atom. The summed E-state index contributed by atoms with van der Waals surface area (Å²) in [6.07, 6.45) is 0. The number of benzene rings is 2. The number of rotatable bonds is 3. The van der Waals surface area contributed by atoms with Gasteiger partial charge in [0.15, 0.2) is 0 Å². The topological polar surface area (TPSA) is 44.1 Å². The van der Waals surface area contributed by atoms with Crippen molar-refractivity contribution in [1.29, 1.82) is 0 Å². The van der Waals surface area contributed by atoms with E-state index < -0.39 is 0 Å². The maximum Gasteiger partial charge on any atom is 0.254 e. The summed E-state index contributed by atoms with van der Waals surface area (Å²) in [7, 11) is 0.